The molecule has 0 atom stereocenters. The first kappa shape index (κ1) is 32.8. The Kier molecular flexibility index (Phi) is 17.4. The van der Waals surface area contributed by atoms with Gasteiger partial charge in [0.05, 0.1) is 25.8 Å². The number of methoxy groups -OCH3 is 1. The van der Waals surface area contributed by atoms with Crippen LogP contribution < -0.4 is 10.1 Å². The van der Waals surface area contributed by atoms with Crippen molar-refractivity contribution >= 4 is 23.0 Å². The van der Waals surface area contributed by atoms with Gasteiger partial charge in [-0.15, -0.1) is 0 Å². The largest absolute Gasteiger partial charge is 0.497 e. The zero-order valence-electron chi connectivity index (χ0n) is 23.1. The highest BCUT2D eigenvalue weighted by molar-refractivity contribution is 6.14. The number of Topliss-reactive ketones (excluding diaryl/α,β-unsaturated/α-hetero) is 1. The topological polar surface area (TPSA) is 106 Å². The summed E-state index contributed by atoms with van der Waals surface area (Å²) in [5.74, 6) is 0.782. The number of nitrogens with one attached hydrogen (secondary N) is 1. The van der Waals surface area contributed by atoms with Crippen molar-refractivity contribution in [2.45, 2.75) is 47.1 Å². The van der Waals surface area contributed by atoms with E-state index in [0.29, 0.717) is 28.1 Å². The first-order chi connectivity index (χ1) is 17.2. The molecule has 0 saturated carbocycles. The Morgan fingerprint density at radius 1 is 1.22 bits per heavy atom. The minimum Gasteiger partial charge on any atom is -0.497 e. The van der Waals surface area contributed by atoms with Gasteiger partial charge in [0.2, 0.25) is 5.78 Å². The maximum atomic E-state index is 12.9. The Morgan fingerprint density at radius 2 is 1.89 bits per heavy atom. The highest BCUT2D eigenvalue weighted by atomic mass is 16.5. The summed E-state index contributed by atoms with van der Waals surface area (Å²) in [7, 11) is 7.40. The van der Waals surface area contributed by atoms with Crippen molar-refractivity contribution in [3.8, 4) is 5.75 Å². The van der Waals surface area contributed by atoms with Crippen LogP contribution >= 0.6 is 0 Å². The van der Waals surface area contributed by atoms with Gasteiger partial charge < -0.3 is 29.6 Å². The van der Waals surface area contributed by atoms with E-state index in [2.05, 4.69) is 50.2 Å². The number of aldehydes is 1. The number of aliphatic hydroxyl groups is 1. The maximum absolute atomic E-state index is 12.9. The lowest BCUT2D eigenvalue weighted by atomic mass is 10.1. The molecule has 0 fully saturated rings. The zero-order valence-corrected chi connectivity index (χ0v) is 23.1. The van der Waals surface area contributed by atoms with E-state index < -0.39 is 0 Å². The summed E-state index contributed by atoms with van der Waals surface area (Å²) in [6.07, 6.45) is 6.45. The van der Waals surface area contributed by atoms with Gasteiger partial charge in [-0.25, -0.2) is 0 Å². The lowest BCUT2D eigenvalue weighted by Gasteiger charge is -2.07. The van der Waals surface area contributed by atoms with Crippen molar-refractivity contribution in [3.63, 3.8) is 0 Å². The van der Waals surface area contributed by atoms with E-state index in [9.17, 15) is 9.59 Å². The highest BCUT2D eigenvalue weighted by Crippen LogP contribution is 2.25. The molecule has 1 aromatic carbocycles. The lowest BCUT2D eigenvalue weighted by Crippen LogP contribution is -2.12. The summed E-state index contributed by atoms with van der Waals surface area (Å²) in [6.45, 7) is 9.39. The fourth-order valence-corrected chi connectivity index (χ4v) is 2.93. The molecular formula is C27H44N4O5. The molecule has 0 saturated heterocycles. The average Bonchev–Trinajstić information content (AvgIpc) is 3.22. The number of nitrogens with zero attached hydrogens (tertiary/aromatic N) is 3. The lowest BCUT2D eigenvalue weighted by molar-refractivity contribution is -0.108. The van der Waals surface area contributed by atoms with Crippen LogP contribution in [0.3, 0.4) is 0 Å². The van der Waals surface area contributed by atoms with Crippen molar-refractivity contribution in [1.82, 2.24) is 20.0 Å². The van der Waals surface area contributed by atoms with Gasteiger partial charge in [-0.05, 0) is 57.8 Å². The number of ether oxygens (including phenoxy) is 2. The standard InChI is InChI=1S/C19H23N3O5.C5H13N.C3H8/c1-13(4-7-17(20-2)27-11-10-24)19(25)18-15-6-5-14(26-3)12-16(15)22(21-18)8-9-23;1-4-5-6(2)3;1-3-2/h4-7,9,12,20,24H,8,10-11H2,1-3H3;4-5H2,1-3H3;3H2,1-2H3/b13-4+,17-7+;;. The molecule has 2 aromatic rings. The van der Waals surface area contributed by atoms with E-state index in [1.165, 1.54) is 24.1 Å². The Labute approximate surface area is 215 Å². The molecule has 2 rings (SSSR count). The van der Waals surface area contributed by atoms with Crippen LogP contribution in [0.2, 0.25) is 0 Å². The zero-order chi connectivity index (χ0) is 27.5. The first-order valence-electron chi connectivity index (χ1n) is 12.2. The fraction of sp³-hybridized carbons (Fsp3) is 0.519. The number of hydrogen-bond acceptors (Lipinski definition) is 8. The third-order valence-corrected chi connectivity index (χ3v) is 4.53. The van der Waals surface area contributed by atoms with Crippen LogP contribution in [0.4, 0.5) is 0 Å². The fourth-order valence-electron chi connectivity index (χ4n) is 2.93. The number of allylic oxidation sites excluding steroid dienone is 3. The van der Waals surface area contributed by atoms with Crippen molar-refractivity contribution in [3.05, 3.63) is 47.5 Å². The van der Waals surface area contributed by atoms with Crippen molar-refractivity contribution in [2.75, 3.05) is 48.0 Å². The Bertz CT molecular complexity index is 980. The molecule has 1 aromatic heterocycles. The maximum Gasteiger partial charge on any atom is 0.209 e. The van der Waals surface area contributed by atoms with Crippen LogP contribution in [0, 0.1) is 0 Å². The molecule has 0 aliphatic heterocycles. The molecule has 2 N–H and O–H groups in total. The minimum atomic E-state index is -0.260. The highest BCUT2D eigenvalue weighted by Gasteiger charge is 2.19. The van der Waals surface area contributed by atoms with Gasteiger partial charge in [-0.2, -0.15) is 5.10 Å². The second-order valence-electron chi connectivity index (χ2n) is 8.12. The smallest absolute Gasteiger partial charge is 0.209 e. The first-order valence-corrected chi connectivity index (χ1v) is 12.2. The predicted octanol–water partition coefficient (Wildman–Crippen LogP) is 3.82. The molecule has 0 radical (unpaired) electrons. The van der Waals surface area contributed by atoms with Crippen LogP contribution in [0.5, 0.6) is 5.75 Å². The monoisotopic (exact) mass is 504 g/mol. The third kappa shape index (κ3) is 11.5. The predicted molar refractivity (Wildman–Crippen MR) is 145 cm³/mol. The van der Waals surface area contributed by atoms with Crippen LogP contribution in [0.1, 0.15) is 51.0 Å². The van der Waals surface area contributed by atoms with Crippen LogP contribution in [-0.4, -0.2) is 79.9 Å². The summed E-state index contributed by atoms with van der Waals surface area (Å²) >= 11 is 0. The van der Waals surface area contributed by atoms with E-state index in [0.717, 1.165) is 6.29 Å². The molecule has 0 unspecified atom stereocenters. The summed E-state index contributed by atoms with van der Waals surface area (Å²) in [5.41, 5.74) is 1.36. The number of aliphatic hydroxyl groups excluding tert-OH is 1. The second kappa shape index (κ2) is 19.1. The second-order valence-corrected chi connectivity index (χ2v) is 8.12. The SMILES string of the molecule is CCC.CCCN(C)C.CN/C(=C\C=C(/C)C(=O)c1nn(CC=O)c2cc(OC)ccc12)OCCO. The van der Waals surface area contributed by atoms with Crippen molar-refractivity contribution in [2.24, 2.45) is 0 Å². The van der Waals surface area contributed by atoms with E-state index in [1.54, 1.807) is 51.4 Å². The molecule has 0 amide bonds. The average molecular weight is 505 g/mol. The summed E-state index contributed by atoms with van der Waals surface area (Å²) in [6, 6.07) is 5.23. The molecule has 0 bridgehead atoms. The van der Waals surface area contributed by atoms with Gasteiger partial charge in [0.25, 0.3) is 0 Å². The quantitative estimate of drug-likeness (QED) is 0.148. The number of benzene rings is 1. The van der Waals surface area contributed by atoms with E-state index >= 15 is 0 Å². The van der Waals surface area contributed by atoms with E-state index in [-0.39, 0.29) is 31.2 Å². The van der Waals surface area contributed by atoms with Gasteiger partial charge >= 0.3 is 0 Å². The molecule has 36 heavy (non-hydrogen) atoms. The van der Waals surface area contributed by atoms with Gasteiger partial charge in [-0.1, -0.05) is 33.3 Å². The molecule has 9 nitrogen and oxygen atoms in total. The minimum absolute atomic E-state index is 0.0402. The van der Waals surface area contributed by atoms with Crippen LogP contribution in [0.15, 0.2) is 41.8 Å². The molecule has 0 spiro atoms. The van der Waals surface area contributed by atoms with Crippen molar-refractivity contribution < 1.29 is 24.2 Å². The molecule has 202 valence electrons. The molecule has 9 heteroatoms. The van der Waals surface area contributed by atoms with Crippen LogP contribution in [-0.2, 0) is 16.1 Å². The molecule has 1 heterocycles. The van der Waals surface area contributed by atoms with Gasteiger partial charge in [-0.3, -0.25) is 9.48 Å². The van der Waals surface area contributed by atoms with E-state index in [4.69, 9.17) is 14.6 Å². The Hall–Kier alpha value is -3.17. The van der Waals surface area contributed by atoms with Gasteiger partial charge in [0.1, 0.15) is 24.3 Å². The number of aromatic nitrogens is 2. The van der Waals surface area contributed by atoms with Gasteiger partial charge in [0, 0.05) is 18.5 Å². The number of fused-ring (bicyclic) bond motifs is 1. The molecular weight excluding hydrogens is 460 g/mol. The van der Waals surface area contributed by atoms with E-state index in [1.807, 2.05) is 0 Å². The Morgan fingerprint density at radius 3 is 2.36 bits per heavy atom. The van der Waals surface area contributed by atoms with Crippen LogP contribution in [0.25, 0.3) is 10.9 Å². The summed E-state index contributed by atoms with van der Waals surface area (Å²) < 4.78 is 12.0. The third-order valence-electron chi connectivity index (χ3n) is 4.53. The number of carbonyl (C=O) groups excluding carboxylic acids is 2. The van der Waals surface area contributed by atoms with Crippen molar-refractivity contribution in [1.29, 1.82) is 0 Å². The number of rotatable bonds is 12. The molecule has 0 aliphatic carbocycles. The molecule has 0 aliphatic rings. The number of ketones is 1. The summed E-state index contributed by atoms with van der Waals surface area (Å²) in [5, 5.41) is 16.6. The number of carbonyl (C=O) groups is 2. The summed E-state index contributed by atoms with van der Waals surface area (Å²) in [4.78, 5) is 26.0. The van der Waals surface area contributed by atoms with Gasteiger partial charge in [0.15, 0.2) is 5.88 Å². The Balaban J connectivity index is 0.00000117. The normalized spacial score (nSPS) is 11.3. The number of hydrogen-bond donors (Lipinski definition) is 2.